The molecule has 1 aromatic carbocycles. The van der Waals surface area contributed by atoms with E-state index in [2.05, 4.69) is 0 Å². The quantitative estimate of drug-likeness (QED) is 0.769. The van der Waals surface area contributed by atoms with Crippen molar-refractivity contribution in [3.8, 4) is 5.75 Å². The third-order valence-corrected chi connectivity index (χ3v) is 2.46. The van der Waals surface area contributed by atoms with E-state index in [-0.39, 0.29) is 17.4 Å². The first-order valence-electron chi connectivity index (χ1n) is 6.06. The highest BCUT2D eigenvalue weighted by Gasteiger charge is 2.14. The van der Waals surface area contributed by atoms with Gasteiger partial charge in [0.1, 0.15) is 5.75 Å². The molecule has 1 amide bonds. The fourth-order valence-electron chi connectivity index (χ4n) is 1.66. The average Bonchev–Trinajstić information content (AvgIpc) is 2.26. The van der Waals surface area contributed by atoms with E-state index >= 15 is 0 Å². The van der Waals surface area contributed by atoms with E-state index in [0.717, 1.165) is 0 Å². The predicted molar refractivity (Wildman–Crippen MR) is 74.5 cm³/mol. The Labute approximate surface area is 114 Å². The Balaban J connectivity index is 2.79. The third kappa shape index (κ3) is 4.57. The molecular weight excluding hydrogens is 250 g/mol. The van der Waals surface area contributed by atoms with Crippen molar-refractivity contribution in [2.75, 3.05) is 13.6 Å². The number of rotatable bonds is 5. The van der Waals surface area contributed by atoms with E-state index in [0.29, 0.717) is 17.9 Å². The molecule has 0 saturated heterocycles. The lowest BCUT2D eigenvalue weighted by atomic mass is 10.2. The summed E-state index contributed by atoms with van der Waals surface area (Å²) in [5, 5.41) is -0.0611. The summed E-state index contributed by atoms with van der Waals surface area (Å²) in [7, 11) is 1.75. The Morgan fingerprint density at radius 3 is 2.61 bits per heavy atom. The van der Waals surface area contributed by atoms with Crippen LogP contribution in [0.5, 0.6) is 5.75 Å². The largest absolute Gasteiger partial charge is 0.491 e. The number of nitrogens with zero attached hydrogens (tertiary/aromatic N) is 1. The second kappa shape index (κ2) is 6.64. The van der Waals surface area contributed by atoms with Crippen LogP contribution in [0.15, 0.2) is 24.3 Å². The molecule has 0 bridgehead atoms. The minimum Gasteiger partial charge on any atom is -0.491 e. The molecule has 0 aliphatic carbocycles. The van der Waals surface area contributed by atoms with Gasteiger partial charge in [-0.3, -0.25) is 4.79 Å². The fraction of sp³-hybridized carbons (Fsp3) is 0.500. The van der Waals surface area contributed by atoms with Gasteiger partial charge in [0.25, 0.3) is 5.91 Å². The molecule has 18 heavy (non-hydrogen) atoms. The molecule has 0 heterocycles. The van der Waals surface area contributed by atoms with Gasteiger partial charge in [0.2, 0.25) is 0 Å². The molecule has 100 valence electrons. The van der Waals surface area contributed by atoms with Gasteiger partial charge < -0.3 is 9.64 Å². The molecule has 0 aliphatic rings. The van der Waals surface area contributed by atoms with E-state index in [4.69, 9.17) is 16.3 Å². The normalized spacial score (nSPS) is 12.3. The average molecular weight is 270 g/mol. The second-order valence-corrected chi connectivity index (χ2v) is 5.41. The van der Waals surface area contributed by atoms with Crippen LogP contribution in [-0.2, 0) is 0 Å². The summed E-state index contributed by atoms with van der Waals surface area (Å²) in [6.45, 7) is 6.30. The van der Waals surface area contributed by atoms with Gasteiger partial charge in [0.05, 0.1) is 6.10 Å². The maximum absolute atomic E-state index is 12.1. The molecule has 1 rings (SSSR count). The minimum absolute atomic E-state index is 0.0447. The van der Waals surface area contributed by atoms with Gasteiger partial charge >= 0.3 is 0 Å². The van der Waals surface area contributed by atoms with Crippen LogP contribution in [0, 0.1) is 0 Å². The van der Waals surface area contributed by atoms with Crippen molar-refractivity contribution in [1.29, 1.82) is 0 Å². The zero-order valence-corrected chi connectivity index (χ0v) is 12.1. The van der Waals surface area contributed by atoms with E-state index < -0.39 is 0 Å². The number of hydrogen-bond donors (Lipinski definition) is 0. The minimum atomic E-state index is -0.0611. The van der Waals surface area contributed by atoms with Gasteiger partial charge in [-0.1, -0.05) is 6.07 Å². The van der Waals surface area contributed by atoms with Crippen LogP contribution in [0.4, 0.5) is 0 Å². The van der Waals surface area contributed by atoms with Crippen molar-refractivity contribution in [2.24, 2.45) is 0 Å². The summed E-state index contributed by atoms with van der Waals surface area (Å²) in [6, 6.07) is 7.21. The zero-order chi connectivity index (χ0) is 13.7. The van der Waals surface area contributed by atoms with Crippen LogP contribution in [0.3, 0.4) is 0 Å². The van der Waals surface area contributed by atoms with Crippen LogP contribution < -0.4 is 4.74 Å². The second-order valence-electron chi connectivity index (χ2n) is 4.66. The summed E-state index contributed by atoms with van der Waals surface area (Å²) in [5.41, 5.74) is 0.618. The standard InChI is InChI=1S/C14H20ClNO2/c1-10(2)18-13-7-5-6-12(8-13)14(17)16(4)9-11(3)15/h5-8,10-11H,9H2,1-4H3. The van der Waals surface area contributed by atoms with Crippen molar-refractivity contribution in [3.63, 3.8) is 0 Å². The number of carbonyl (C=O) groups excluding carboxylic acids is 1. The van der Waals surface area contributed by atoms with Crippen LogP contribution in [0.25, 0.3) is 0 Å². The lowest BCUT2D eigenvalue weighted by Gasteiger charge is -2.19. The molecule has 0 aromatic heterocycles. The molecule has 1 aromatic rings. The van der Waals surface area contributed by atoms with Gasteiger partial charge in [0, 0.05) is 24.5 Å². The van der Waals surface area contributed by atoms with Crippen LogP contribution >= 0.6 is 11.6 Å². The molecule has 0 aliphatic heterocycles. The summed E-state index contributed by atoms with van der Waals surface area (Å²) in [6.07, 6.45) is 0.0935. The number of amides is 1. The number of carbonyl (C=O) groups is 1. The van der Waals surface area contributed by atoms with Crippen LogP contribution in [0.1, 0.15) is 31.1 Å². The van der Waals surface area contributed by atoms with Gasteiger partial charge in [0.15, 0.2) is 0 Å². The molecule has 1 atom stereocenters. The fourth-order valence-corrected chi connectivity index (χ4v) is 1.86. The zero-order valence-electron chi connectivity index (χ0n) is 11.3. The molecule has 0 spiro atoms. The smallest absolute Gasteiger partial charge is 0.253 e. The topological polar surface area (TPSA) is 29.5 Å². The van der Waals surface area contributed by atoms with Crippen LogP contribution in [-0.4, -0.2) is 35.9 Å². The number of hydrogen-bond acceptors (Lipinski definition) is 2. The maximum atomic E-state index is 12.1. The SMILES string of the molecule is CC(Cl)CN(C)C(=O)c1cccc(OC(C)C)c1. The third-order valence-electron chi connectivity index (χ3n) is 2.32. The summed E-state index contributed by atoms with van der Waals surface area (Å²) >= 11 is 5.89. The highest BCUT2D eigenvalue weighted by atomic mass is 35.5. The predicted octanol–water partition coefficient (Wildman–Crippen LogP) is 3.17. The van der Waals surface area contributed by atoms with E-state index in [1.807, 2.05) is 32.9 Å². The molecule has 4 heteroatoms. The first-order valence-corrected chi connectivity index (χ1v) is 6.50. The molecule has 0 saturated carbocycles. The lowest BCUT2D eigenvalue weighted by Crippen LogP contribution is -2.31. The molecule has 1 unspecified atom stereocenters. The summed E-state index contributed by atoms with van der Waals surface area (Å²) < 4.78 is 5.57. The molecule has 3 nitrogen and oxygen atoms in total. The van der Waals surface area contributed by atoms with Crippen molar-refractivity contribution in [3.05, 3.63) is 29.8 Å². The molecule has 0 fully saturated rings. The Morgan fingerprint density at radius 1 is 1.39 bits per heavy atom. The Bertz CT molecular complexity index is 405. The van der Waals surface area contributed by atoms with Crippen molar-refractivity contribution < 1.29 is 9.53 Å². The number of ether oxygens (including phenoxy) is 1. The van der Waals surface area contributed by atoms with Gasteiger partial charge in [-0.05, 0) is 39.0 Å². The van der Waals surface area contributed by atoms with Gasteiger partial charge in [-0.25, -0.2) is 0 Å². The highest BCUT2D eigenvalue weighted by Crippen LogP contribution is 2.16. The number of halogens is 1. The Hall–Kier alpha value is -1.22. The molecule has 0 radical (unpaired) electrons. The number of alkyl halides is 1. The monoisotopic (exact) mass is 269 g/mol. The van der Waals surface area contributed by atoms with Crippen molar-refractivity contribution in [1.82, 2.24) is 4.90 Å². The summed E-state index contributed by atoms with van der Waals surface area (Å²) in [4.78, 5) is 13.7. The highest BCUT2D eigenvalue weighted by molar-refractivity contribution is 6.20. The van der Waals surface area contributed by atoms with Gasteiger partial charge in [-0.15, -0.1) is 11.6 Å². The van der Waals surface area contributed by atoms with Crippen molar-refractivity contribution in [2.45, 2.75) is 32.3 Å². The van der Waals surface area contributed by atoms with E-state index in [1.165, 1.54) is 0 Å². The first kappa shape index (κ1) is 14.8. The first-order chi connectivity index (χ1) is 8.40. The molecule has 0 N–H and O–H groups in total. The summed E-state index contributed by atoms with van der Waals surface area (Å²) in [5.74, 6) is 0.667. The van der Waals surface area contributed by atoms with Gasteiger partial charge in [-0.2, -0.15) is 0 Å². The van der Waals surface area contributed by atoms with E-state index in [9.17, 15) is 4.79 Å². The number of benzene rings is 1. The Kier molecular flexibility index (Phi) is 5.48. The van der Waals surface area contributed by atoms with E-state index in [1.54, 1.807) is 24.1 Å². The van der Waals surface area contributed by atoms with Crippen molar-refractivity contribution >= 4 is 17.5 Å². The molecular formula is C14H20ClNO2. The maximum Gasteiger partial charge on any atom is 0.253 e. The Morgan fingerprint density at radius 2 is 2.06 bits per heavy atom. The lowest BCUT2D eigenvalue weighted by molar-refractivity contribution is 0.0795. The van der Waals surface area contributed by atoms with Crippen LogP contribution in [0.2, 0.25) is 0 Å².